The van der Waals surface area contributed by atoms with Gasteiger partial charge in [0.2, 0.25) is 0 Å². The molecule has 1 N–H and O–H groups in total. The molecule has 0 saturated carbocycles. The molecule has 0 atom stereocenters. The van der Waals surface area contributed by atoms with E-state index in [9.17, 15) is 13.2 Å². The summed E-state index contributed by atoms with van der Waals surface area (Å²) >= 11 is 0. The Balaban J connectivity index is 2.48. The molecule has 0 unspecified atom stereocenters. The van der Waals surface area contributed by atoms with Gasteiger partial charge in [-0.1, -0.05) is 12.1 Å². The number of esters is 1. The summed E-state index contributed by atoms with van der Waals surface area (Å²) in [5.74, 6) is -0.263. The van der Waals surface area contributed by atoms with Crippen molar-refractivity contribution in [3.8, 4) is 5.75 Å². The van der Waals surface area contributed by atoms with Crippen molar-refractivity contribution in [3.63, 3.8) is 0 Å². The molecule has 0 aliphatic carbocycles. The molecule has 0 aliphatic rings. The van der Waals surface area contributed by atoms with E-state index in [1.54, 1.807) is 19.1 Å². The van der Waals surface area contributed by atoms with Gasteiger partial charge in [-0.3, -0.25) is 4.72 Å². The molecule has 7 heteroatoms. The Morgan fingerprint density at radius 3 is 2.38 bits per heavy atom. The average Bonchev–Trinajstić information content (AvgIpc) is 2.55. The van der Waals surface area contributed by atoms with Crippen LogP contribution in [-0.4, -0.2) is 28.6 Å². The van der Waals surface area contributed by atoms with E-state index in [2.05, 4.69) is 9.46 Å². The van der Waals surface area contributed by atoms with Crippen molar-refractivity contribution in [2.45, 2.75) is 18.7 Å². The van der Waals surface area contributed by atoms with Crippen LogP contribution >= 0.6 is 0 Å². The van der Waals surface area contributed by atoms with Crippen LogP contribution < -0.4 is 9.46 Å². The zero-order chi connectivity index (χ0) is 17.9. The second-order valence-electron chi connectivity index (χ2n) is 5.28. The molecule has 24 heavy (non-hydrogen) atoms. The lowest BCUT2D eigenvalue weighted by Gasteiger charge is -2.14. The number of hydrogen-bond acceptors (Lipinski definition) is 5. The number of rotatable bonds is 5. The van der Waals surface area contributed by atoms with E-state index in [1.807, 2.05) is 13.0 Å². The Morgan fingerprint density at radius 1 is 1.04 bits per heavy atom. The molecule has 128 valence electrons. The number of anilines is 1. The Labute approximate surface area is 141 Å². The maximum absolute atomic E-state index is 12.7. The second kappa shape index (κ2) is 6.92. The van der Waals surface area contributed by atoms with E-state index >= 15 is 0 Å². The summed E-state index contributed by atoms with van der Waals surface area (Å²) in [6, 6.07) is 9.56. The molecule has 0 fully saturated rings. The molecule has 0 heterocycles. The number of aryl methyl sites for hydroxylation is 2. The molecule has 0 aliphatic heterocycles. The third-order valence-corrected chi connectivity index (χ3v) is 5.01. The maximum atomic E-state index is 12.7. The van der Waals surface area contributed by atoms with Gasteiger partial charge in [-0.2, -0.15) is 0 Å². The zero-order valence-electron chi connectivity index (χ0n) is 13.9. The highest BCUT2D eigenvalue weighted by molar-refractivity contribution is 7.92. The smallest absolute Gasteiger partial charge is 0.337 e. The number of ether oxygens (including phenoxy) is 2. The van der Waals surface area contributed by atoms with Gasteiger partial charge in [-0.25, -0.2) is 13.2 Å². The van der Waals surface area contributed by atoms with Gasteiger partial charge >= 0.3 is 5.97 Å². The Hall–Kier alpha value is -2.54. The van der Waals surface area contributed by atoms with E-state index in [0.29, 0.717) is 11.3 Å². The van der Waals surface area contributed by atoms with Gasteiger partial charge in [0.15, 0.2) is 0 Å². The van der Waals surface area contributed by atoms with Crippen LogP contribution in [0.15, 0.2) is 41.3 Å². The summed E-state index contributed by atoms with van der Waals surface area (Å²) < 4.78 is 37.7. The molecule has 0 spiro atoms. The first kappa shape index (κ1) is 17.8. The predicted octanol–water partition coefficient (Wildman–Crippen LogP) is 2.90. The highest BCUT2D eigenvalue weighted by Gasteiger charge is 2.20. The van der Waals surface area contributed by atoms with Crippen LogP contribution in [0.4, 0.5) is 5.69 Å². The molecule has 2 rings (SSSR count). The first-order valence-electron chi connectivity index (χ1n) is 7.15. The van der Waals surface area contributed by atoms with Gasteiger partial charge < -0.3 is 9.47 Å². The van der Waals surface area contributed by atoms with Crippen molar-refractivity contribution >= 4 is 21.7 Å². The summed E-state index contributed by atoms with van der Waals surface area (Å²) in [6.07, 6.45) is 0. The number of carbonyl (C=O) groups is 1. The Morgan fingerprint density at radius 2 is 1.75 bits per heavy atom. The lowest BCUT2D eigenvalue weighted by atomic mass is 10.2. The van der Waals surface area contributed by atoms with Crippen molar-refractivity contribution in [1.29, 1.82) is 0 Å². The summed E-state index contributed by atoms with van der Waals surface area (Å²) in [7, 11) is -1.15. The van der Waals surface area contributed by atoms with Crippen molar-refractivity contribution < 1.29 is 22.7 Å². The summed E-state index contributed by atoms with van der Waals surface area (Å²) in [6.45, 7) is 3.53. The van der Waals surface area contributed by atoms with Gasteiger partial charge in [-0.15, -0.1) is 0 Å². The fraction of sp³-hybridized carbons (Fsp3) is 0.235. The highest BCUT2D eigenvalue weighted by atomic mass is 32.2. The fourth-order valence-corrected chi connectivity index (χ4v) is 3.62. The number of sulfonamides is 1. The molecule has 2 aromatic rings. The number of nitrogens with one attached hydrogen (secondary N) is 1. The first-order valence-corrected chi connectivity index (χ1v) is 8.63. The summed E-state index contributed by atoms with van der Waals surface area (Å²) in [5.41, 5.74) is 1.84. The number of methoxy groups -OCH3 is 2. The quantitative estimate of drug-likeness (QED) is 0.840. The number of hydrogen-bond donors (Lipinski definition) is 1. The van der Waals surface area contributed by atoms with Gasteiger partial charge in [0.25, 0.3) is 10.0 Å². The average molecular weight is 349 g/mol. The van der Waals surface area contributed by atoms with E-state index in [-0.39, 0.29) is 16.1 Å². The van der Waals surface area contributed by atoms with Gasteiger partial charge in [0, 0.05) is 0 Å². The monoisotopic (exact) mass is 349 g/mol. The molecular formula is C17H19NO5S. The van der Waals surface area contributed by atoms with Gasteiger partial charge in [0.05, 0.1) is 30.4 Å². The molecule has 0 saturated heterocycles. The molecule has 0 bridgehead atoms. The highest BCUT2D eigenvalue weighted by Crippen LogP contribution is 2.29. The molecule has 6 nitrogen and oxygen atoms in total. The second-order valence-corrected chi connectivity index (χ2v) is 6.93. The molecule has 0 radical (unpaired) electrons. The standard InChI is InChI=1S/C17H19NO5S/c1-11-5-6-12(2)16(9-11)24(20,21)18-14-10-13(17(19)23-4)7-8-15(14)22-3/h5-10,18H,1-4H3. The first-order chi connectivity index (χ1) is 11.3. The van der Waals surface area contributed by atoms with Crippen LogP contribution in [0.3, 0.4) is 0 Å². The number of benzene rings is 2. The molecule has 0 aromatic heterocycles. The Kier molecular flexibility index (Phi) is 5.14. The SMILES string of the molecule is COC(=O)c1ccc(OC)c(NS(=O)(=O)c2cc(C)ccc2C)c1. The van der Waals surface area contributed by atoms with E-state index in [1.165, 1.54) is 32.4 Å². The van der Waals surface area contributed by atoms with Crippen LogP contribution in [0.25, 0.3) is 0 Å². The fourth-order valence-electron chi connectivity index (χ4n) is 2.23. The van der Waals surface area contributed by atoms with Crippen LogP contribution in [0.1, 0.15) is 21.5 Å². The zero-order valence-corrected chi connectivity index (χ0v) is 14.7. The van der Waals surface area contributed by atoms with E-state index < -0.39 is 16.0 Å². The molecule has 2 aromatic carbocycles. The van der Waals surface area contributed by atoms with Crippen molar-refractivity contribution in [2.24, 2.45) is 0 Å². The van der Waals surface area contributed by atoms with E-state index in [4.69, 9.17) is 4.74 Å². The largest absolute Gasteiger partial charge is 0.495 e. The number of carbonyl (C=O) groups excluding carboxylic acids is 1. The third kappa shape index (κ3) is 3.68. The maximum Gasteiger partial charge on any atom is 0.337 e. The van der Waals surface area contributed by atoms with Gasteiger partial charge in [0.1, 0.15) is 5.75 Å². The Bertz CT molecular complexity index is 875. The van der Waals surface area contributed by atoms with Crippen LogP contribution in [0, 0.1) is 13.8 Å². The minimum absolute atomic E-state index is 0.168. The lowest BCUT2D eigenvalue weighted by molar-refractivity contribution is 0.0600. The predicted molar refractivity (Wildman–Crippen MR) is 91.1 cm³/mol. The van der Waals surface area contributed by atoms with Crippen LogP contribution in [0.2, 0.25) is 0 Å². The lowest BCUT2D eigenvalue weighted by Crippen LogP contribution is -2.15. The van der Waals surface area contributed by atoms with Crippen LogP contribution in [0.5, 0.6) is 5.75 Å². The van der Waals surface area contributed by atoms with Crippen molar-refractivity contribution in [1.82, 2.24) is 0 Å². The van der Waals surface area contributed by atoms with Crippen LogP contribution in [-0.2, 0) is 14.8 Å². The van der Waals surface area contributed by atoms with Crippen molar-refractivity contribution in [2.75, 3.05) is 18.9 Å². The summed E-state index contributed by atoms with van der Waals surface area (Å²) in [4.78, 5) is 11.8. The summed E-state index contributed by atoms with van der Waals surface area (Å²) in [5, 5.41) is 0. The van der Waals surface area contributed by atoms with Crippen molar-refractivity contribution in [3.05, 3.63) is 53.1 Å². The van der Waals surface area contributed by atoms with E-state index in [0.717, 1.165) is 5.56 Å². The molecular weight excluding hydrogens is 330 g/mol. The minimum atomic E-state index is -3.83. The normalized spacial score (nSPS) is 11.0. The third-order valence-electron chi connectivity index (χ3n) is 3.50. The van der Waals surface area contributed by atoms with Gasteiger partial charge in [-0.05, 0) is 49.2 Å². The minimum Gasteiger partial charge on any atom is -0.495 e. The molecule has 0 amide bonds. The topological polar surface area (TPSA) is 81.7 Å².